The molecule has 0 bridgehead atoms. The van der Waals surface area contributed by atoms with Gasteiger partial charge in [-0.05, 0) is 68.4 Å². The van der Waals surface area contributed by atoms with Gasteiger partial charge in [-0.1, -0.05) is 40.6 Å². The lowest BCUT2D eigenvalue weighted by atomic mass is 10.1. The molecule has 0 aliphatic carbocycles. The Bertz CT molecular complexity index is 1620. The molecule has 0 saturated carbocycles. The van der Waals surface area contributed by atoms with Crippen LogP contribution in [-0.2, 0) is 9.84 Å². The summed E-state index contributed by atoms with van der Waals surface area (Å²) in [7, 11) is -2.96. The molecule has 4 rings (SSSR count). The maximum Gasteiger partial charge on any atom is 0.202 e. The number of aromatic nitrogens is 2. The number of halogens is 2. The van der Waals surface area contributed by atoms with Crippen LogP contribution in [0.15, 0.2) is 54.2 Å². The van der Waals surface area contributed by atoms with E-state index < -0.39 is 9.84 Å². The van der Waals surface area contributed by atoms with Gasteiger partial charge in [0.2, 0.25) is 5.78 Å². The van der Waals surface area contributed by atoms with Gasteiger partial charge in [0.1, 0.15) is 11.5 Å². The van der Waals surface area contributed by atoms with Crippen LogP contribution >= 0.6 is 23.2 Å². The largest absolute Gasteiger partial charge is 0.383 e. The van der Waals surface area contributed by atoms with Crippen LogP contribution in [0.25, 0.3) is 17.1 Å². The third-order valence-corrected chi connectivity index (χ3v) is 8.50. The molecule has 1 fully saturated rings. The van der Waals surface area contributed by atoms with Gasteiger partial charge in [0.05, 0.1) is 34.8 Å². The third-order valence-electron chi connectivity index (χ3n) is 6.30. The van der Waals surface area contributed by atoms with Crippen LogP contribution in [0.5, 0.6) is 0 Å². The van der Waals surface area contributed by atoms with E-state index in [-0.39, 0.29) is 23.8 Å². The van der Waals surface area contributed by atoms with Crippen molar-refractivity contribution in [2.45, 2.75) is 32.6 Å². The first kappa shape index (κ1) is 28.4. The van der Waals surface area contributed by atoms with Crippen LogP contribution in [0.1, 0.15) is 47.4 Å². The highest BCUT2D eigenvalue weighted by Crippen LogP contribution is 2.33. The summed E-state index contributed by atoms with van der Waals surface area (Å²) in [6.07, 6.45) is 3.57. The normalized spacial score (nSPS) is 14.2. The molecule has 0 radical (unpaired) electrons. The molecule has 10 heteroatoms. The summed E-state index contributed by atoms with van der Waals surface area (Å²) >= 11 is 12.7. The number of hydrogen-bond donors (Lipinski definition) is 1. The first-order valence-corrected chi connectivity index (χ1v) is 14.9. The monoisotopic (exact) mass is 580 g/mol. The number of nitrogens with one attached hydrogen (secondary N) is 1. The Morgan fingerprint density at radius 2 is 1.85 bits per heavy atom. The summed E-state index contributed by atoms with van der Waals surface area (Å²) in [5.41, 5.74) is 4.14. The number of nitriles is 1. The number of Topliss-reactive ketones (excluding diaryl/α,β-unsaturated/α-hetero) is 1. The summed E-state index contributed by atoms with van der Waals surface area (Å²) in [5, 5.41) is 12.6. The standard InChI is InChI=1S/C29H26Cl2N4O3S/c1-20-28(27(36)19-33-18-22-12-15-39(37,38)16-13-22)34-29(25-11-8-23(30)17-26(25)31)35(20)24-9-6-21(7-10-24)5-3-2-4-14-32/h6-11,17-18,33H,2,4,12-13,15-16,19H2,1H3. The van der Waals surface area contributed by atoms with E-state index in [2.05, 4.69) is 23.2 Å². The van der Waals surface area contributed by atoms with Crippen LogP contribution in [0.2, 0.25) is 10.0 Å². The number of carbonyl (C=O) groups is 1. The van der Waals surface area contributed by atoms with Crippen molar-refractivity contribution in [2.75, 3.05) is 18.1 Å². The van der Waals surface area contributed by atoms with Crippen molar-refractivity contribution in [1.82, 2.24) is 14.9 Å². The summed E-state index contributed by atoms with van der Waals surface area (Å²) in [4.78, 5) is 18.0. The minimum atomic E-state index is -2.96. The number of imidazole rings is 1. The SMILES string of the molecule is Cc1c(C(=O)CNC=C2CCS(=O)(=O)CC2)nc(-c2ccc(Cl)cc2Cl)n1-c1ccc(C#CCCC#N)cc1. The second-order valence-electron chi connectivity index (χ2n) is 9.09. The fourth-order valence-corrected chi connectivity index (χ4v) is 6.07. The Balaban J connectivity index is 1.64. The highest BCUT2D eigenvalue weighted by atomic mass is 35.5. The van der Waals surface area contributed by atoms with Crippen molar-refractivity contribution >= 4 is 38.8 Å². The van der Waals surface area contributed by atoms with Gasteiger partial charge in [-0.2, -0.15) is 5.26 Å². The lowest BCUT2D eigenvalue weighted by molar-refractivity contribution is 0.0990. The van der Waals surface area contributed by atoms with Crippen molar-refractivity contribution in [1.29, 1.82) is 5.26 Å². The molecular formula is C29H26Cl2N4O3S. The minimum absolute atomic E-state index is 0.0130. The Labute approximate surface area is 238 Å². The van der Waals surface area contributed by atoms with E-state index in [0.29, 0.717) is 58.5 Å². The highest BCUT2D eigenvalue weighted by molar-refractivity contribution is 7.91. The highest BCUT2D eigenvalue weighted by Gasteiger charge is 2.23. The van der Waals surface area contributed by atoms with Crippen molar-refractivity contribution in [3.05, 3.63) is 81.2 Å². The van der Waals surface area contributed by atoms with Crippen molar-refractivity contribution in [3.63, 3.8) is 0 Å². The van der Waals surface area contributed by atoms with E-state index in [1.807, 2.05) is 35.8 Å². The molecular weight excluding hydrogens is 555 g/mol. The molecule has 39 heavy (non-hydrogen) atoms. The van der Waals surface area contributed by atoms with E-state index in [9.17, 15) is 13.2 Å². The van der Waals surface area contributed by atoms with Gasteiger partial charge in [0.25, 0.3) is 0 Å². The molecule has 0 atom stereocenters. The molecule has 200 valence electrons. The van der Waals surface area contributed by atoms with Crippen LogP contribution < -0.4 is 5.32 Å². The zero-order chi connectivity index (χ0) is 28.0. The Hall–Kier alpha value is -3.56. The summed E-state index contributed by atoms with van der Waals surface area (Å²) in [6, 6.07) is 14.7. The molecule has 1 saturated heterocycles. The Morgan fingerprint density at radius 1 is 1.13 bits per heavy atom. The lowest BCUT2D eigenvalue weighted by Gasteiger charge is -2.14. The number of unbranched alkanes of at least 4 members (excludes halogenated alkanes) is 1. The maximum atomic E-state index is 13.2. The average molecular weight is 582 g/mol. The number of hydrogen-bond acceptors (Lipinski definition) is 6. The van der Waals surface area contributed by atoms with E-state index in [4.69, 9.17) is 33.4 Å². The molecule has 1 aliphatic heterocycles. The maximum absolute atomic E-state index is 13.2. The Kier molecular flexibility index (Phi) is 9.14. The summed E-state index contributed by atoms with van der Waals surface area (Å²) in [5.74, 6) is 6.59. The van der Waals surface area contributed by atoms with E-state index in [0.717, 1.165) is 16.8 Å². The summed E-state index contributed by atoms with van der Waals surface area (Å²) in [6.45, 7) is 1.84. The predicted molar refractivity (Wildman–Crippen MR) is 154 cm³/mol. The molecule has 0 unspecified atom stereocenters. The number of carbonyl (C=O) groups excluding carboxylic acids is 1. The second-order valence-corrected chi connectivity index (χ2v) is 12.2. The van der Waals surface area contributed by atoms with Crippen LogP contribution in [0, 0.1) is 30.1 Å². The van der Waals surface area contributed by atoms with Crippen molar-refractivity contribution in [2.24, 2.45) is 0 Å². The van der Waals surface area contributed by atoms with Crippen molar-refractivity contribution < 1.29 is 13.2 Å². The molecule has 0 spiro atoms. The third kappa shape index (κ3) is 7.10. The van der Waals surface area contributed by atoms with Gasteiger partial charge in [-0.3, -0.25) is 9.36 Å². The van der Waals surface area contributed by atoms with Crippen molar-refractivity contribution in [3.8, 4) is 35.0 Å². The molecule has 0 amide bonds. The molecule has 7 nitrogen and oxygen atoms in total. The van der Waals surface area contributed by atoms with Gasteiger partial charge in [-0.15, -0.1) is 0 Å². The first-order valence-electron chi connectivity index (χ1n) is 12.3. The van der Waals surface area contributed by atoms with Crippen LogP contribution in [-0.4, -0.2) is 41.8 Å². The number of allylic oxidation sites excluding steroid dienone is 1. The lowest BCUT2D eigenvalue weighted by Crippen LogP contribution is -2.22. The Morgan fingerprint density at radius 3 is 2.51 bits per heavy atom. The molecule has 2 heterocycles. The van der Waals surface area contributed by atoms with Crippen LogP contribution in [0.3, 0.4) is 0 Å². The quantitative estimate of drug-likeness (QED) is 0.219. The number of rotatable bonds is 7. The number of benzene rings is 2. The second kappa shape index (κ2) is 12.5. The fourth-order valence-electron chi connectivity index (χ4n) is 4.23. The fraction of sp³-hybridized carbons (Fsp3) is 0.276. The van der Waals surface area contributed by atoms with Gasteiger partial charge >= 0.3 is 0 Å². The average Bonchev–Trinajstić information content (AvgIpc) is 3.24. The number of sulfone groups is 1. The zero-order valence-electron chi connectivity index (χ0n) is 21.3. The summed E-state index contributed by atoms with van der Waals surface area (Å²) < 4.78 is 25.2. The van der Waals surface area contributed by atoms with E-state index >= 15 is 0 Å². The molecule has 1 aliphatic rings. The molecule has 3 aromatic rings. The zero-order valence-corrected chi connectivity index (χ0v) is 23.6. The first-order chi connectivity index (χ1) is 18.7. The number of nitrogens with zero attached hydrogens (tertiary/aromatic N) is 3. The molecule has 1 aromatic heterocycles. The van der Waals surface area contributed by atoms with Gasteiger partial charge < -0.3 is 5.32 Å². The predicted octanol–water partition coefficient (Wildman–Crippen LogP) is 5.67. The van der Waals surface area contributed by atoms with E-state index in [1.54, 1.807) is 24.4 Å². The minimum Gasteiger partial charge on any atom is -0.383 e. The smallest absolute Gasteiger partial charge is 0.202 e. The topological polar surface area (TPSA) is 105 Å². The van der Waals surface area contributed by atoms with Crippen LogP contribution in [0.4, 0.5) is 0 Å². The van der Waals surface area contributed by atoms with Gasteiger partial charge in [0, 0.05) is 34.7 Å². The van der Waals surface area contributed by atoms with Gasteiger partial charge in [-0.25, -0.2) is 13.4 Å². The number of ketones is 1. The van der Waals surface area contributed by atoms with E-state index in [1.165, 1.54) is 0 Å². The molecule has 2 aromatic carbocycles. The van der Waals surface area contributed by atoms with Gasteiger partial charge in [0.15, 0.2) is 9.84 Å². The molecule has 1 N–H and O–H groups in total.